The molecular weight excluding hydrogens is 333 g/mol. The molecule has 0 bridgehead atoms. The average Bonchev–Trinajstić information content (AvgIpc) is 3.00. The van der Waals surface area contributed by atoms with E-state index in [1.807, 2.05) is 6.92 Å². The van der Waals surface area contributed by atoms with Gasteiger partial charge in [0.2, 0.25) is 0 Å². The first-order valence-electron chi connectivity index (χ1n) is 7.92. The van der Waals surface area contributed by atoms with Crippen LogP contribution in [-0.4, -0.2) is 24.6 Å². The van der Waals surface area contributed by atoms with Crippen LogP contribution >= 0.6 is 0 Å². The molecule has 1 atom stereocenters. The van der Waals surface area contributed by atoms with Gasteiger partial charge in [-0.2, -0.15) is 18.3 Å². The fraction of sp³-hybridized carbons (Fsp3) is 0.375. The lowest BCUT2D eigenvalue weighted by Gasteiger charge is -2.26. The second kappa shape index (κ2) is 5.68. The Hall–Kier alpha value is -2.71. The zero-order valence-corrected chi connectivity index (χ0v) is 13.4. The Kier molecular flexibility index (Phi) is 3.59. The monoisotopic (exact) mass is 348 g/mol. The fourth-order valence-corrected chi connectivity index (χ4v) is 3.13. The highest BCUT2D eigenvalue weighted by molar-refractivity contribution is 5.68. The molecule has 0 radical (unpaired) electrons. The summed E-state index contributed by atoms with van der Waals surface area (Å²) in [5.41, 5.74) is 1.30. The maximum Gasteiger partial charge on any atom is 0.435 e. The summed E-state index contributed by atoms with van der Waals surface area (Å²) in [6.07, 6.45) is 2.77. The number of fused-ring (bicyclic) bond motifs is 2. The van der Waals surface area contributed by atoms with Crippen LogP contribution in [0.2, 0.25) is 0 Å². The van der Waals surface area contributed by atoms with E-state index >= 15 is 0 Å². The third-order valence-electron chi connectivity index (χ3n) is 4.29. The molecule has 1 N–H and O–H groups in total. The van der Waals surface area contributed by atoms with E-state index in [-0.39, 0.29) is 11.6 Å². The predicted octanol–water partition coefficient (Wildman–Crippen LogP) is 3.34. The van der Waals surface area contributed by atoms with Crippen molar-refractivity contribution in [3.63, 3.8) is 0 Å². The number of aromatic nitrogens is 5. The topological polar surface area (TPSA) is 68.0 Å². The number of halogens is 3. The van der Waals surface area contributed by atoms with Gasteiger partial charge in [-0.1, -0.05) is 0 Å². The number of aryl methyl sites for hydroxylation is 2. The van der Waals surface area contributed by atoms with Crippen molar-refractivity contribution >= 4 is 11.3 Å². The number of nitrogens with zero attached hydrogens (tertiary/aromatic N) is 5. The van der Waals surface area contributed by atoms with E-state index < -0.39 is 11.9 Å². The van der Waals surface area contributed by atoms with Crippen molar-refractivity contribution in [2.45, 2.75) is 38.4 Å². The predicted molar refractivity (Wildman–Crippen MR) is 84.1 cm³/mol. The van der Waals surface area contributed by atoms with Crippen molar-refractivity contribution in [3.8, 4) is 0 Å². The molecule has 4 rings (SSSR count). The van der Waals surface area contributed by atoms with Gasteiger partial charge in [-0.3, -0.25) is 0 Å². The van der Waals surface area contributed by atoms with Crippen LogP contribution < -0.4 is 5.32 Å². The van der Waals surface area contributed by atoms with Crippen molar-refractivity contribution in [3.05, 3.63) is 47.4 Å². The normalized spacial score (nSPS) is 17.5. The first-order valence-corrected chi connectivity index (χ1v) is 7.92. The second-order valence-electron chi connectivity index (χ2n) is 6.04. The number of hydrogen-bond acceptors (Lipinski definition) is 5. The van der Waals surface area contributed by atoms with Gasteiger partial charge in [0.15, 0.2) is 11.5 Å². The Morgan fingerprint density at radius 2 is 2.12 bits per heavy atom. The van der Waals surface area contributed by atoms with Crippen LogP contribution in [0.5, 0.6) is 0 Å². The van der Waals surface area contributed by atoms with E-state index in [4.69, 9.17) is 0 Å². The van der Waals surface area contributed by atoms with Crippen molar-refractivity contribution < 1.29 is 13.2 Å². The third kappa shape index (κ3) is 2.90. The van der Waals surface area contributed by atoms with Gasteiger partial charge < -0.3 is 5.32 Å². The van der Waals surface area contributed by atoms with Crippen molar-refractivity contribution in [2.24, 2.45) is 0 Å². The molecule has 0 saturated carbocycles. The molecule has 3 heterocycles. The summed E-state index contributed by atoms with van der Waals surface area (Å²) in [4.78, 5) is 12.9. The quantitative estimate of drug-likeness (QED) is 0.769. The molecule has 0 amide bonds. The van der Waals surface area contributed by atoms with E-state index in [1.165, 1.54) is 16.9 Å². The van der Waals surface area contributed by atoms with Crippen molar-refractivity contribution in [2.75, 3.05) is 5.32 Å². The lowest BCUT2D eigenvalue weighted by molar-refractivity contribution is -0.141. The van der Waals surface area contributed by atoms with Crippen LogP contribution in [0, 0.1) is 6.92 Å². The van der Waals surface area contributed by atoms with Crippen LogP contribution in [-0.2, 0) is 12.6 Å². The number of anilines is 1. The van der Waals surface area contributed by atoms with Gasteiger partial charge in [0.05, 0.1) is 6.04 Å². The largest absolute Gasteiger partial charge is 0.435 e. The highest BCUT2D eigenvalue weighted by Crippen LogP contribution is 2.33. The molecule has 1 unspecified atom stereocenters. The summed E-state index contributed by atoms with van der Waals surface area (Å²) in [5.74, 6) is 1.08. The highest BCUT2D eigenvalue weighted by Gasteiger charge is 2.34. The van der Waals surface area contributed by atoms with Gasteiger partial charge in [0.1, 0.15) is 11.3 Å². The first-order chi connectivity index (χ1) is 11.9. The molecule has 1 aliphatic carbocycles. The Morgan fingerprint density at radius 1 is 1.28 bits per heavy atom. The number of hydrogen-bond donors (Lipinski definition) is 1. The molecule has 25 heavy (non-hydrogen) atoms. The molecule has 0 fully saturated rings. The van der Waals surface area contributed by atoms with Crippen LogP contribution in [0.4, 0.5) is 19.0 Å². The van der Waals surface area contributed by atoms with E-state index in [2.05, 4.69) is 25.4 Å². The molecular formula is C16H15F3N6. The van der Waals surface area contributed by atoms with Gasteiger partial charge in [-0.05, 0) is 26.2 Å². The minimum atomic E-state index is -4.49. The Bertz CT molecular complexity index is 933. The smallest absolute Gasteiger partial charge is 0.361 e. The summed E-state index contributed by atoms with van der Waals surface area (Å²) in [6, 6.07) is 0.914. The lowest BCUT2D eigenvalue weighted by atomic mass is 9.92. The average molecular weight is 348 g/mol. The van der Waals surface area contributed by atoms with E-state index in [1.54, 1.807) is 6.20 Å². The van der Waals surface area contributed by atoms with Gasteiger partial charge in [-0.25, -0.2) is 19.5 Å². The molecule has 3 aromatic heterocycles. The molecule has 6 nitrogen and oxygen atoms in total. The van der Waals surface area contributed by atoms with Crippen LogP contribution in [0.1, 0.15) is 41.7 Å². The van der Waals surface area contributed by atoms with Crippen molar-refractivity contribution in [1.29, 1.82) is 0 Å². The first kappa shape index (κ1) is 15.8. The Labute approximate surface area is 141 Å². The maximum atomic E-state index is 12.9. The van der Waals surface area contributed by atoms with Crippen LogP contribution in [0.25, 0.3) is 5.52 Å². The van der Waals surface area contributed by atoms with Crippen molar-refractivity contribution in [1.82, 2.24) is 24.6 Å². The SMILES string of the molecule is Cc1ncc2c(n1)CCCC2Nc1nccn2nc(C(F)(F)F)cc12. The molecule has 1 aliphatic rings. The maximum absolute atomic E-state index is 12.9. The standard InChI is InChI=1S/C16H15F3N6/c1-9-21-8-10-11(22-9)3-2-4-12(10)23-15-13-7-14(16(17,18)19)24-25(13)6-5-20-15/h5-8,12H,2-4H2,1H3,(H,20,23). The summed E-state index contributed by atoms with van der Waals surface area (Å²) in [7, 11) is 0. The highest BCUT2D eigenvalue weighted by atomic mass is 19.4. The fourth-order valence-electron chi connectivity index (χ4n) is 3.13. The van der Waals surface area contributed by atoms with Gasteiger partial charge in [0.25, 0.3) is 0 Å². The third-order valence-corrected chi connectivity index (χ3v) is 4.29. The minimum absolute atomic E-state index is 0.0905. The Balaban J connectivity index is 1.71. The Morgan fingerprint density at radius 3 is 2.92 bits per heavy atom. The summed E-state index contributed by atoms with van der Waals surface area (Å²) < 4.78 is 39.9. The molecule has 0 aliphatic heterocycles. The van der Waals surface area contributed by atoms with Gasteiger partial charge >= 0.3 is 6.18 Å². The zero-order chi connectivity index (χ0) is 17.6. The van der Waals surface area contributed by atoms with Crippen LogP contribution in [0.3, 0.4) is 0 Å². The molecule has 0 saturated heterocycles. The second-order valence-corrected chi connectivity index (χ2v) is 6.04. The lowest BCUT2D eigenvalue weighted by Crippen LogP contribution is -2.20. The molecule has 3 aromatic rings. The minimum Gasteiger partial charge on any atom is -0.361 e. The van der Waals surface area contributed by atoms with Gasteiger partial charge in [0, 0.05) is 35.9 Å². The van der Waals surface area contributed by atoms with E-state index in [0.29, 0.717) is 11.6 Å². The van der Waals surface area contributed by atoms with Crippen LogP contribution in [0.15, 0.2) is 24.7 Å². The number of alkyl halides is 3. The summed E-state index contributed by atoms with van der Waals surface area (Å²) in [6.45, 7) is 1.84. The van der Waals surface area contributed by atoms with E-state index in [9.17, 15) is 13.2 Å². The number of nitrogens with one attached hydrogen (secondary N) is 1. The molecule has 0 aromatic carbocycles. The molecule has 9 heteroatoms. The molecule has 130 valence electrons. The van der Waals surface area contributed by atoms with Gasteiger partial charge in [-0.15, -0.1) is 0 Å². The van der Waals surface area contributed by atoms with E-state index in [0.717, 1.165) is 36.6 Å². The number of rotatable bonds is 2. The summed E-state index contributed by atoms with van der Waals surface area (Å²) >= 11 is 0. The molecule has 0 spiro atoms. The summed E-state index contributed by atoms with van der Waals surface area (Å²) in [5, 5.41) is 6.83. The zero-order valence-electron chi connectivity index (χ0n) is 13.4.